The Morgan fingerprint density at radius 3 is 2.42 bits per heavy atom. The van der Waals surface area contributed by atoms with Gasteiger partial charge in [-0.15, -0.1) is 0 Å². The zero-order valence-electron chi connectivity index (χ0n) is 11.7. The van der Waals surface area contributed by atoms with Crippen LogP contribution in [0.3, 0.4) is 0 Å². The number of unbranched alkanes of at least 4 members (excludes halogenated alkanes) is 1. The first-order chi connectivity index (χ1) is 8.99. The van der Waals surface area contributed by atoms with Crippen molar-refractivity contribution in [3.8, 4) is 0 Å². The third kappa shape index (κ3) is 5.12. The summed E-state index contributed by atoms with van der Waals surface area (Å²) in [4.78, 5) is 8.02. The Hall–Kier alpha value is -1.21. The standard InChI is InChI=1S/C12H22N4O2S/c1-4-6-7-10(3)16-19(17,18)11-8-14-12(13-5-2)15-9-11/h8-10,16H,4-7H2,1-3H3,(H,13,14,15). The third-order valence-corrected chi connectivity index (χ3v) is 4.16. The minimum Gasteiger partial charge on any atom is -0.355 e. The maximum atomic E-state index is 12.1. The van der Waals surface area contributed by atoms with Crippen LogP contribution in [0.5, 0.6) is 0 Å². The van der Waals surface area contributed by atoms with Crippen LogP contribution in [-0.4, -0.2) is 31.0 Å². The predicted molar refractivity (Wildman–Crippen MR) is 75.5 cm³/mol. The Balaban J connectivity index is 2.71. The third-order valence-electron chi connectivity index (χ3n) is 2.62. The minimum atomic E-state index is -3.52. The highest BCUT2D eigenvalue weighted by molar-refractivity contribution is 7.89. The molecule has 0 aliphatic rings. The van der Waals surface area contributed by atoms with Gasteiger partial charge in [0.05, 0.1) is 12.4 Å². The Morgan fingerprint density at radius 1 is 1.26 bits per heavy atom. The van der Waals surface area contributed by atoms with E-state index in [4.69, 9.17) is 0 Å². The van der Waals surface area contributed by atoms with Gasteiger partial charge in [0.1, 0.15) is 4.90 Å². The van der Waals surface area contributed by atoms with Crippen LogP contribution in [0.4, 0.5) is 5.95 Å². The molecule has 108 valence electrons. The summed E-state index contributed by atoms with van der Waals surface area (Å²) in [5, 5.41) is 2.92. The zero-order chi connectivity index (χ0) is 14.3. The first kappa shape index (κ1) is 15.8. The molecule has 7 heteroatoms. The number of hydrogen-bond donors (Lipinski definition) is 2. The lowest BCUT2D eigenvalue weighted by molar-refractivity contribution is 0.533. The zero-order valence-corrected chi connectivity index (χ0v) is 12.5. The average molecular weight is 286 g/mol. The molecule has 0 bridgehead atoms. The molecule has 0 spiro atoms. The van der Waals surface area contributed by atoms with Crippen LogP contribution in [0.15, 0.2) is 17.3 Å². The molecule has 1 atom stereocenters. The molecule has 0 saturated heterocycles. The van der Waals surface area contributed by atoms with Crippen molar-refractivity contribution in [2.75, 3.05) is 11.9 Å². The van der Waals surface area contributed by atoms with Crippen molar-refractivity contribution in [3.05, 3.63) is 12.4 Å². The SMILES string of the molecule is CCCCC(C)NS(=O)(=O)c1cnc(NCC)nc1. The monoisotopic (exact) mass is 286 g/mol. The van der Waals surface area contributed by atoms with Crippen LogP contribution in [0.25, 0.3) is 0 Å². The van der Waals surface area contributed by atoms with Gasteiger partial charge in [-0.05, 0) is 20.3 Å². The maximum absolute atomic E-state index is 12.1. The van der Waals surface area contributed by atoms with Crippen molar-refractivity contribution in [2.24, 2.45) is 0 Å². The van der Waals surface area contributed by atoms with Gasteiger partial charge in [0.15, 0.2) is 0 Å². The molecule has 0 aliphatic heterocycles. The van der Waals surface area contributed by atoms with E-state index in [1.807, 2.05) is 13.8 Å². The van der Waals surface area contributed by atoms with Crippen LogP contribution in [0, 0.1) is 0 Å². The van der Waals surface area contributed by atoms with E-state index in [1.165, 1.54) is 12.4 Å². The number of rotatable bonds is 8. The lowest BCUT2D eigenvalue weighted by Crippen LogP contribution is -2.32. The van der Waals surface area contributed by atoms with Crippen molar-refractivity contribution >= 4 is 16.0 Å². The van der Waals surface area contributed by atoms with Crippen LogP contribution < -0.4 is 10.0 Å². The molecular formula is C12H22N4O2S. The second-order valence-corrected chi connectivity index (χ2v) is 6.15. The van der Waals surface area contributed by atoms with Crippen molar-refractivity contribution in [1.82, 2.24) is 14.7 Å². The van der Waals surface area contributed by atoms with E-state index < -0.39 is 10.0 Å². The number of aromatic nitrogens is 2. The molecule has 0 saturated carbocycles. The fourth-order valence-corrected chi connectivity index (χ4v) is 2.77. The van der Waals surface area contributed by atoms with Crippen LogP contribution in [0.1, 0.15) is 40.0 Å². The topological polar surface area (TPSA) is 84.0 Å². The Labute approximate surface area is 115 Å². The molecule has 0 aromatic carbocycles. The van der Waals surface area contributed by atoms with Crippen LogP contribution in [0.2, 0.25) is 0 Å². The second-order valence-electron chi connectivity index (χ2n) is 4.44. The molecule has 6 nitrogen and oxygen atoms in total. The highest BCUT2D eigenvalue weighted by Crippen LogP contribution is 2.10. The van der Waals surface area contributed by atoms with Gasteiger partial charge in [-0.1, -0.05) is 19.8 Å². The second kappa shape index (κ2) is 7.40. The molecule has 19 heavy (non-hydrogen) atoms. The molecule has 1 aromatic heterocycles. The maximum Gasteiger partial charge on any atom is 0.243 e. The van der Waals surface area contributed by atoms with Gasteiger partial charge in [0.2, 0.25) is 16.0 Å². The summed E-state index contributed by atoms with van der Waals surface area (Å²) in [7, 11) is -3.52. The summed E-state index contributed by atoms with van der Waals surface area (Å²) in [6, 6.07) is -0.0848. The number of sulfonamides is 1. The van der Waals surface area contributed by atoms with Crippen LogP contribution in [-0.2, 0) is 10.0 Å². The van der Waals surface area contributed by atoms with E-state index in [0.29, 0.717) is 12.5 Å². The molecule has 0 aliphatic carbocycles. The average Bonchev–Trinajstić information content (AvgIpc) is 2.37. The number of nitrogens with zero attached hydrogens (tertiary/aromatic N) is 2. The van der Waals surface area contributed by atoms with E-state index >= 15 is 0 Å². The van der Waals surface area contributed by atoms with E-state index in [0.717, 1.165) is 19.3 Å². The van der Waals surface area contributed by atoms with Gasteiger partial charge in [-0.3, -0.25) is 0 Å². The largest absolute Gasteiger partial charge is 0.355 e. The minimum absolute atomic E-state index is 0.0848. The Kier molecular flexibility index (Phi) is 6.17. The summed E-state index contributed by atoms with van der Waals surface area (Å²) in [5.74, 6) is 0.431. The summed E-state index contributed by atoms with van der Waals surface area (Å²) in [6.45, 7) is 6.55. The summed E-state index contributed by atoms with van der Waals surface area (Å²) < 4.78 is 26.8. The molecule has 0 amide bonds. The highest BCUT2D eigenvalue weighted by Gasteiger charge is 2.17. The lowest BCUT2D eigenvalue weighted by atomic mass is 10.2. The molecule has 1 heterocycles. The first-order valence-electron chi connectivity index (χ1n) is 6.57. The quantitative estimate of drug-likeness (QED) is 0.761. The van der Waals surface area contributed by atoms with Crippen molar-refractivity contribution in [3.63, 3.8) is 0 Å². The normalized spacial score (nSPS) is 13.2. The molecule has 0 fully saturated rings. The molecule has 2 N–H and O–H groups in total. The molecule has 1 aromatic rings. The van der Waals surface area contributed by atoms with E-state index in [1.54, 1.807) is 0 Å². The summed E-state index contributed by atoms with van der Waals surface area (Å²) >= 11 is 0. The van der Waals surface area contributed by atoms with Gasteiger partial charge < -0.3 is 5.32 Å². The lowest BCUT2D eigenvalue weighted by Gasteiger charge is -2.13. The predicted octanol–water partition coefficient (Wildman–Crippen LogP) is 1.77. The first-order valence-corrected chi connectivity index (χ1v) is 8.06. The molecular weight excluding hydrogens is 264 g/mol. The van der Waals surface area contributed by atoms with Gasteiger partial charge in [0.25, 0.3) is 0 Å². The molecule has 1 rings (SSSR count). The molecule has 1 unspecified atom stereocenters. The van der Waals surface area contributed by atoms with E-state index in [-0.39, 0.29) is 10.9 Å². The summed E-state index contributed by atoms with van der Waals surface area (Å²) in [6.07, 6.45) is 5.51. The smallest absolute Gasteiger partial charge is 0.243 e. The fraction of sp³-hybridized carbons (Fsp3) is 0.667. The number of nitrogens with one attached hydrogen (secondary N) is 2. The molecule has 0 radical (unpaired) electrons. The van der Waals surface area contributed by atoms with E-state index in [9.17, 15) is 8.42 Å². The summed E-state index contributed by atoms with van der Waals surface area (Å²) in [5.41, 5.74) is 0. The highest BCUT2D eigenvalue weighted by atomic mass is 32.2. The Morgan fingerprint density at radius 2 is 1.89 bits per heavy atom. The number of anilines is 1. The van der Waals surface area contributed by atoms with E-state index in [2.05, 4.69) is 26.9 Å². The number of hydrogen-bond acceptors (Lipinski definition) is 5. The van der Waals surface area contributed by atoms with Crippen LogP contribution >= 0.6 is 0 Å². The van der Waals surface area contributed by atoms with Crippen molar-refractivity contribution in [1.29, 1.82) is 0 Å². The van der Waals surface area contributed by atoms with Gasteiger partial charge in [0, 0.05) is 12.6 Å². The van der Waals surface area contributed by atoms with Crippen molar-refractivity contribution < 1.29 is 8.42 Å². The van der Waals surface area contributed by atoms with Crippen molar-refractivity contribution in [2.45, 2.75) is 51.0 Å². The van der Waals surface area contributed by atoms with Gasteiger partial charge in [-0.25, -0.2) is 23.1 Å². The fourth-order valence-electron chi connectivity index (χ4n) is 1.61. The Bertz CT molecular complexity index is 473. The van der Waals surface area contributed by atoms with Gasteiger partial charge >= 0.3 is 0 Å². The van der Waals surface area contributed by atoms with Gasteiger partial charge in [-0.2, -0.15) is 0 Å².